The van der Waals surface area contributed by atoms with Crippen LogP contribution in [0.5, 0.6) is 0 Å². The van der Waals surface area contributed by atoms with Crippen LogP contribution < -0.4 is 0 Å². The monoisotopic (exact) mass is 1990 g/mol. The van der Waals surface area contributed by atoms with Crippen LogP contribution in [0.4, 0.5) is 0 Å². The highest BCUT2D eigenvalue weighted by Gasteiger charge is 2.46. The highest BCUT2D eigenvalue weighted by Crippen LogP contribution is 2.45. The van der Waals surface area contributed by atoms with E-state index in [0.717, 1.165) is 281 Å². The number of ether oxygens (including phenoxy) is 18. The molecule has 3 aromatic rings. The van der Waals surface area contributed by atoms with Gasteiger partial charge in [0.1, 0.15) is 23.1 Å². The number of carbonyl (C=O) groups is 5. The summed E-state index contributed by atoms with van der Waals surface area (Å²) < 4.78 is 112. The van der Waals surface area contributed by atoms with E-state index in [1.807, 2.05) is 71.9 Å². The Morgan fingerprint density at radius 1 is 0.367 bits per heavy atom. The summed E-state index contributed by atoms with van der Waals surface area (Å²) in [6, 6.07) is 31.0. The molecule has 5 saturated heterocycles. The molecule has 0 bridgehead atoms. The van der Waals surface area contributed by atoms with Gasteiger partial charge in [-0.2, -0.15) is 0 Å². The van der Waals surface area contributed by atoms with Crippen LogP contribution >= 0.6 is 0 Å². The highest BCUT2D eigenvalue weighted by molar-refractivity contribution is 6.70. The molecule has 0 amide bonds. The van der Waals surface area contributed by atoms with Crippen molar-refractivity contribution in [2.45, 2.75) is 380 Å². The molecule has 5 spiro atoms. The van der Waals surface area contributed by atoms with Gasteiger partial charge >= 0.3 is 17.9 Å². The molecule has 8 aliphatic carbocycles. The quantitative estimate of drug-likeness (QED) is 0.0143. The minimum atomic E-state index is -1.43. The summed E-state index contributed by atoms with van der Waals surface area (Å²) in [5.74, 6) is 3.89. The van der Waals surface area contributed by atoms with Crippen molar-refractivity contribution in [3.05, 3.63) is 131 Å². The molecule has 0 radical (unpaired) electrons. The lowest BCUT2D eigenvalue weighted by Crippen LogP contribution is -2.40. The van der Waals surface area contributed by atoms with E-state index in [2.05, 4.69) is 99.9 Å². The van der Waals surface area contributed by atoms with Crippen LogP contribution in [0.3, 0.4) is 0 Å². The van der Waals surface area contributed by atoms with Crippen LogP contribution in [-0.2, 0) is 138 Å². The summed E-state index contributed by atoms with van der Waals surface area (Å²) in [4.78, 5) is 57.0. The van der Waals surface area contributed by atoms with Crippen molar-refractivity contribution in [2.75, 3.05) is 126 Å². The van der Waals surface area contributed by atoms with Crippen molar-refractivity contribution in [3.63, 3.8) is 0 Å². The lowest BCUT2D eigenvalue weighted by Gasteiger charge is -2.39. The molecule has 139 heavy (non-hydrogen) atoms. The van der Waals surface area contributed by atoms with E-state index in [4.69, 9.17) is 99.2 Å². The lowest BCUT2D eigenvalue weighted by molar-refractivity contribution is -0.252. The van der Waals surface area contributed by atoms with Crippen molar-refractivity contribution >= 4 is 46.1 Å². The first-order chi connectivity index (χ1) is 67.1. The van der Waals surface area contributed by atoms with Gasteiger partial charge in [-0.3, -0.25) is 19.2 Å². The summed E-state index contributed by atoms with van der Waals surface area (Å²) in [6.07, 6.45) is 36.4. The van der Waals surface area contributed by atoms with Crippen LogP contribution in [0.2, 0.25) is 39.3 Å². The number of benzene rings is 3. The second-order valence-electron chi connectivity index (χ2n) is 40.4. The fourth-order valence-corrected chi connectivity index (χ4v) is 22.0. The van der Waals surface area contributed by atoms with Gasteiger partial charge in [-0.15, -0.1) is 0 Å². The summed E-state index contributed by atoms with van der Waals surface area (Å²) in [6.45, 7) is 41.7. The molecule has 28 heteroatoms. The Morgan fingerprint density at radius 2 is 0.683 bits per heavy atom. The Labute approximate surface area is 836 Å². The first kappa shape index (κ1) is 119. The maximum atomic E-state index is 12.2. The SMILES string of the molecule is CC.CCOC(=O)C=C1CCC2(CC1)OCCO2.CCOC(=O)CC1CCC2(CC1)OCCO2.CCOC(=O)CCC(=O)C1CCC(CCOCc2ccccc2)CC1.CCOC1(OCC)CCC(CCOCc2ccccc2)CC1.C[Si](C)(C)OC1=C(O[Si](C)(C)C)CC1.O=C1CCC2(CC1)OCCO2.OCCC1CCC2(CC1)OCCO2.c1ccc(COCCC2CCC3(CC2)OCCO3)cc1. The number of esters is 3. The third kappa shape index (κ3) is 45.4. The fraction of sp³-hybridized carbons (Fsp3) is 0.757. The van der Waals surface area contributed by atoms with E-state index in [9.17, 15) is 24.0 Å². The zero-order chi connectivity index (χ0) is 100.0. The van der Waals surface area contributed by atoms with Gasteiger partial charge < -0.3 is 99.2 Å². The van der Waals surface area contributed by atoms with Gasteiger partial charge in [-0.05, 0) is 236 Å². The molecule has 0 aromatic heterocycles. The van der Waals surface area contributed by atoms with Gasteiger partial charge in [0.25, 0.3) is 0 Å². The van der Waals surface area contributed by atoms with Gasteiger partial charge in [-0.25, -0.2) is 4.79 Å². The predicted octanol–water partition coefficient (Wildman–Crippen LogP) is 23.0. The third-order valence-corrected chi connectivity index (χ3v) is 29.5. The molecule has 26 nitrogen and oxygen atoms in total. The van der Waals surface area contributed by atoms with E-state index in [0.29, 0.717) is 122 Å². The zero-order valence-electron chi connectivity index (χ0n) is 87.6. The van der Waals surface area contributed by atoms with Crippen LogP contribution in [0.15, 0.2) is 114 Å². The molecule has 0 unspecified atom stereocenters. The van der Waals surface area contributed by atoms with Crippen molar-refractivity contribution in [1.29, 1.82) is 0 Å². The zero-order valence-corrected chi connectivity index (χ0v) is 89.6. The standard InChI is InChI=1S/C21H30O4.C19H30O3.C17H24O3.C12H20O4.C12H18O4.C10H18O3.C10H22O2Si2.C8H12O3.C2H6/c1-2-25-21(23)13-12-20(22)19-10-8-17(9-11-19)14-15-24-16-18-6-4-3-5-7-18;1-3-21-19(22-4-2)13-10-17(11-14-19)12-15-20-16-18-8-6-5-7-9-18;1-2-4-16(5-3-1)14-18-11-8-15-6-9-17(10-7-15)19-12-13-20-17;2*1-2-14-11(13)9-10-3-5-12(6-4-10)15-7-8-16-12;11-6-3-9-1-4-10(5-2-9)12-7-8-13-10;1-13(2,3)11-9-7-8-10(9)12-14(4,5)6;9-7-1-3-8(4-2-7)10-5-6-11-8;1-2/h3-7,17,19H,2,8-16H2,1H3;5-9,17H,3-4,10-16H2,1-2H3;1-5,15H,6-14H2;10H,2-9H2,1H3;9H,2-8H2,1H3;9,11H,1-8H2;7-8H2,1-6H3;1-6H2;1-2H3. The van der Waals surface area contributed by atoms with E-state index in [1.54, 1.807) is 13.0 Å². The van der Waals surface area contributed by atoms with Crippen molar-refractivity contribution in [2.24, 2.45) is 35.5 Å². The second kappa shape index (κ2) is 64.3. The molecule has 5 heterocycles. The average Bonchev–Trinajstić information content (AvgIpc) is 0.920. The Kier molecular flexibility index (Phi) is 54.8. The predicted molar refractivity (Wildman–Crippen MR) is 542 cm³/mol. The number of ketones is 2. The average molecular weight is 1990 g/mol. The van der Waals surface area contributed by atoms with E-state index in [1.165, 1.54) is 42.4 Å². The van der Waals surface area contributed by atoms with Crippen molar-refractivity contribution in [1.82, 2.24) is 0 Å². The number of hydrogen-bond acceptors (Lipinski definition) is 26. The number of aliphatic hydroxyl groups is 1. The molecule has 7 saturated carbocycles. The topological polar surface area (TPSA) is 290 Å². The summed E-state index contributed by atoms with van der Waals surface area (Å²) in [5, 5.41) is 8.81. The minimum Gasteiger partial charge on any atom is -0.545 e. The van der Waals surface area contributed by atoms with Crippen molar-refractivity contribution < 1.29 is 123 Å². The van der Waals surface area contributed by atoms with E-state index < -0.39 is 16.6 Å². The molecule has 1 N–H and O–H groups in total. The number of aliphatic hydroxyl groups excluding tert-OH is 1. The van der Waals surface area contributed by atoms with Gasteiger partial charge in [0.15, 0.2) is 34.7 Å². The molecule has 0 atom stereocenters. The van der Waals surface area contributed by atoms with Crippen LogP contribution in [0, 0.1) is 35.5 Å². The van der Waals surface area contributed by atoms with Gasteiger partial charge in [0.05, 0.1) is 112 Å². The van der Waals surface area contributed by atoms with Gasteiger partial charge in [0, 0.05) is 167 Å². The summed E-state index contributed by atoms with van der Waals surface area (Å²) in [7, 11) is -2.86. The van der Waals surface area contributed by atoms with Gasteiger partial charge in [-0.1, -0.05) is 110 Å². The Hall–Kier alpha value is -5.72. The largest absolute Gasteiger partial charge is 0.545 e. The van der Waals surface area contributed by atoms with E-state index in [-0.39, 0.29) is 70.8 Å². The number of Topliss-reactive ketones (excluding diaryl/α,β-unsaturated/α-hetero) is 2. The molecule has 12 fully saturated rings. The number of allylic oxidation sites excluding steroid dienone is 3. The highest BCUT2D eigenvalue weighted by atomic mass is 28.4. The molecule has 5 aliphatic heterocycles. The maximum absolute atomic E-state index is 12.2. The number of hydrogen-bond donors (Lipinski definition) is 1. The molecular formula is C111H180O26Si2. The fourth-order valence-electron chi connectivity index (χ4n) is 20.1. The van der Waals surface area contributed by atoms with Crippen LogP contribution in [-0.4, -0.2) is 211 Å². The first-order valence-electron chi connectivity index (χ1n) is 53.6. The normalized spacial score (nSPS) is 22.2. The molecular weight excluding hydrogens is 1810 g/mol. The molecule has 3 aromatic carbocycles. The molecule has 788 valence electrons. The third-order valence-electron chi connectivity index (χ3n) is 27.8. The summed E-state index contributed by atoms with van der Waals surface area (Å²) in [5.41, 5.74) is 4.85. The summed E-state index contributed by atoms with van der Waals surface area (Å²) >= 11 is 0. The molecule has 16 rings (SSSR count). The van der Waals surface area contributed by atoms with Gasteiger partial charge in [0.2, 0.25) is 16.6 Å². The van der Waals surface area contributed by atoms with E-state index >= 15 is 0 Å². The molecule has 13 aliphatic rings. The Balaban J connectivity index is 0.000000196. The minimum absolute atomic E-state index is 0.0725. The van der Waals surface area contributed by atoms with Crippen LogP contribution in [0.1, 0.15) is 303 Å². The lowest BCUT2D eigenvalue weighted by atomic mass is 9.78. The number of carbonyl (C=O) groups excluding carboxylic acids is 5. The first-order valence-corrected chi connectivity index (χ1v) is 60.4. The Morgan fingerprint density at radius 3 is 1.01 bits per heavy atom. The second-order valence-corrected chi connectivity index (χ2v) is 49.3. The van der Waals surface area contributed by atoms with Crippen LogP contribution in [0.25, 0.3) is 0 Å². The number of rotatable bonds is 35. The maximum Gasteiger partial charge on any atom is 0.330 e. The van der Waals surface area contributed by atoms with Crippen molar-refractivity contribution in [3.8, 4) is 0 Å². The Bertz CT molecular complexity index is 3810. The smallest absolute Gasteiger partial charge is 0.330 e.